The number of halogens is 1. The molecule has 0 spiro atoms. The first-order valence-corrected chi connectivity index (χ1v) is 12.7. The van der Waals surface area contributed by atoms with Gasteiger partial charge in [-0.05, 0) is 67.3 Å². The van der Waals surface area contributed by atoms with Gasteiger partial charge in [0.1, 0.15) is 5.82 Å². The molecule has 1 aliphatic heterocycles. The summed E-state index contributed by atoms with van der Waals surface area (Å²) in [5.41, 5.74) is 2.32. The normalized spacial score (nSPS) is 15.1. The van der Waals surface area contributed by atoms with Gasteiger partial charge in [-0.1, -0.05) is 36.4 Å². The Morgan fingerprint density at radius 2 is 1.68 bits per heavy atom. The van der Waals surface area contributed by atoms with Gasteiger partial charge < -0.3 is 5.32 Å². The molecule has 2 N–H and O–H groups in total. The van der Waals surface area contributed by atoms with Crippen LogP contribution in [-0.4, -0.2) is 38.4 Å². The molecule has 178 valence electrons. The number of nitrogens with one attached hydrogen (secondary N) is 2. The van der Waals surface area contributed by atoms with Gasteiger partial charge in [-0.15, -0.1) is 0 Å². The fraction of sp³-hybridized carbons (Fsp3) is 0.269. The van der Waals surface area contributed by atoms with Crippen LogP contribution in [0, 0.1) is 12.7 Å². The molecule has 34 heavy (non-hydrogen) atoms. The Hall–Kier alpha value is -3.23. The van der Waals surface area contributed by atoms with Crippen molar-refractivity contribution in [2.45, 2.75) is 37.2 Å². The van der Waals surface area contributed by atoms with Crippen LogP contribution in [0.3, 0.4) is 0 Å². The van der Waals surface area contributed by atoms with Crippen LogP contribution in [0.2, 0.25) is 0 Å². The van der Waals surface area contributed by atoms with Gasteiger partial charge in [-0.2, -0.15) is 0 Å². The molecule has 0 unspecified atom stereocenters. The minimum absolute atomic E-state index is 0.0159. The zero-order chi connectivity index (χ0) is 24.1. The van der Waals surface area contributed by atoms with Crippen LogP contribution >= 0.6 is 0 Å². The van der Waals surface area contributed by atoms with Crippen LogP contribution < -0.4 is 10.0 Å². The highest BCUT2D eigenvalue weighted by Gasteiger charge is 2.23. The van der Waals surface area contributed by atoms with E-state index in [1.165, 1.54) is 35.9 Å². The Kier molecular flexibility index (Phi) is 7.29. The van der Waals surface area contributed by atoms with E-state index in [4.69, 9.17) is 0 Å². The number of nitrogens with zero attached hydrogens (tertiary/aromatic N) is 1. The fourth-order valence-electron chi connectivity index (χ4n) is 4.10. The van der Waals surface area contributed by atoms with E-state index in [2.05, 4.69) is 27.1 Å². The summed E-state index contributed by atoms with van der Waals surface area (Å²) in [4.78, 5) is 15.3. The summed E-state index contributed by atoms with van der Waals surface area (Å²) in [6, 6.07) is 20.0. The third-order valence-corrected chi connectivity index (χ3v) is 7.53. The molecule has 0 bridgehead atoms. The average Bonchev–Trinajstić information content (AvgIpc) is 2.82. The van der Waals surface area contributed by atoms with Crippen LogP contribution in [0.25, 0.3) is 0 Å². The second-order valence-electron chi connectivity index (χ2n) is 8.60. The van der Waals surface area contributed by atoms with Crippen molar-refractivity contribution in [2.75, 3.05) is 17.8 Å². The van der Waals surface area contributed by atoms with Gasteiger partial charge >= 0.3 is 0 Å². The maximum atomic E-state index is 13.1. The van der Waals surface area contributed by atoms with E-state index >= 15 is 0 Å². The Morgan fingerprint density at radius 3 is 2.35 bits per heavy atom. The third-order valence-electron chi connectivity index (χ3n) is 6.01. The van der Waals surface area contributed by atoms with E-state index < -0.39 is 15.8 Å². The minimum Gasteiger partial charge on any atom is -0.349 e. The van der Waals surface area contributed by atoms with Crippen molar-refractivity contribution in [3.63, 3.8) is 0 Å². The second kappa shape index (κ2) is 10.4. The largest absolute Gasteiger partial charge is 0.349 e. The molecule has 1 saturated heterocycles. The average molecular weight is 482 g/mol. The molecule has 8 heteroatoms. The van der Waals surface area contributed by atoms with Gasteiger partial charge in [-0.25, -0.2) is 12.8 Å². The van der Waals surface area contributed by atoms with Crippen molar-refractivity contribution < 1.29 is 17.6 Å². The maximum Gasteiger partial charge on any atom is 0.262 e. The maximum absolute atomic E-state index is 13.1. The first-order valence-electron chi connectivity index (χ1n) is 11.3. The molecule has 1 amide bonds. The van der Waals surface area contributed by atoms with Crippen molar-refractivity contribution in [2.24, 2.45) is 0 Å². The number of amides is 1. The molecule has 0 atom stereocenters. The van der Waals surface area contributed by atoms with Gasteiger partial charge in [0, 0.05) is 36.9 Å². The van der Waals surface area contributed by atoms with E-state index in [0.717, 1.165) is 32.5 Å². The predicted molar refractivity (Wildman–Crippen MR) is 131 cm³/mol. The SMILES string of the molecule is Cc1ccc(C(=O)NC2CCN(Cc3ccccc3)CC2)cc1S(=O)(=O)Nc1ccc(F)cc1. The van der Waals surface area contributed by atoms with E-state index in [0.29, 0.717) is 5.56 Å². The first kappa shape index (κ1) is 23.9. The molecular formula is C26H28FN3O3S. The molecule has 0 saturated carbocycles. The number of carbonyl (C=O) groups is 1. The molecule has 6 nitrogen and oxygen atoms in total. The summed E-state index contributed by atoms with van der Waals surface area (Å²) in [5, 5.41) is 3.05. The summed E-state index contributed by atoms with van der Waals surface area (Å²) >= 11 is 0. The zero-order valence-electron chi connectivity index (χ0n) is 19.0. The molecule has 1 fully saturated rings. The van der Waals surface area contributed by atoms with Gasteiger partial charge in [0.25, 0.3) is 15.9 Å². The van der Waals surface area contributed by atoms with Gasteiger partial charge in [0.2, 0.25) is 0 Å². The van der Waals surface area contributed by atoms with Crippen molar-refractivity contribution in [3.05, 3.63) is 95.3 Å². The summed E-state index contributed by atoms with van der Waals surface area (Å²) in [6.07, 6.45) is 1.67. The molecule has 4 rings (SSSR count). The predicted octanol–water partition coefficient (Wildman–Crippen LogP) is 4.33. The Labute approximate surface area is 199 Å². The lowest BCUT2D eigenvalue weighted by Gasteiger charge is -2.32. The Bertz CT molecular complexity index is 1240. The molecule has 3 aromatic carbocycles. The smallest absolute Gasteiger partial charge is 0.262 e. The molecule has 0 aliphatic carbocycles. The number of aryl methyl sites for hydroxylation is 1. The van der Waals surface area contributed by atoms with Gasteiger partial charge in [-0.3, -0.25) is 14.4 Å². The minimum atomic E-state index is -3.94. The van der Waals surface area contributed by atoms with E-state index in [1.807, 2.05) is 18.2 Å². The number of piperidine rings is 1. The topological polar surface area (TPSA) is 78.5 Å². The first-order chi connectivity index (χ1) is 16.3. The number of anilines is 1. The molecular weight excluding hydrogens is 453 g/mol. The summed E-state index contributed by atoms with van der Waals surface area (Å²) in [7, 11) is -3.94. The lowest BCUT2D eigenvalue weighted by molar-refractivity contribution is 0.0908. The number of rotatable bonds is 7. The molecule has 0 aromatic heterocycles. The fourth-order valence-corrected chi connectivity index (χ4v) is 5.44. The lowest BCUT2D eigenvalue weighted by Crippen LogP contribution is -2.44. The van der Waals surface area contributed by atoms with Crippen molar-refractivity contribution in [1.29, 1.82) is 0 Å². The van der Waals surface area contributed by atoms with Crippen LogP contribution in [0.5, 0.6) is 0 Å². The zero-order valence-corrected chi connectivity index (χ0v) is 19.8. The van der Waals surface area contributed by atoms with Crippen LogP contribution in [-0.2, 0) is 16.6 Å². The Morgan fingerprint density at radius 1 is 1.00 bits per heavy atom. The van der Waals surface area contributed by atoms with Crippen molar-refractivity contribution in [1.82, 2.24) is 10.2 Å². The number of likely N-dealkylation sites (tertiary alicyclic amines) is 1. The standard InChI is InChI=1S/C26H28FN3O3S/c1-19-7-8-21(17-25(19)34(32,33)29-24-11-9-22(27)10-12-24)26(31)28-23-13-15-30(16-14-23)18-20-5-3-2-4-6-20/h2-12,17,23,29H,13-16,18H2,1H3,(H,28,31). The highest BCUT2D eigenvalue weighted by Crippen LogP contribution is 2.22. The third kappa shape index (κ3) is 6.01. The van der Waals surface area contributed by atoms with Crippen LogP contribution in [0.4, 0.5) is 10.1 Å². The van der Waals surface area contributed by atoms with Gasteiger partial charge in [0.15, 0.2) is 0 Å². The number of carbonyl (C=O) groups excluding carboxylic acids is 1. The summed E-state index contributed by atoms with van der Waals surface area (Å²) < 4.78 is 41.4. The van der Waals surface area contributed by atoms with Gasteiger partial charge in [0.05, 0.1) is 4.90 Å². The summed E-state index contributed by atoms with van der Waals surface area (Å²) in [5.74, 6) is -0.747. The van der Waals surface area contributed by atoms with Crippen LogP contribution in [0.1, 0.15) is 34.3 Å². The molecule has 1 aliphatic rings. The van der Waals surface area contributed by atoms with E-state index in [9.17, 15) is 17.6 Å². The lowest BCUT2D eigenvalue weighted by atomic mass is 10.0. The van der Waals surface area contributed by atoms with E-state index in [1.54, 1.807) is 19.1 Å². The van der Waals surface area contributed by atoms with Crippen molar-refractivity contribution >= 4 is 21.6 Å². The van der Waals surface area contributed by atoms with Crippen LogP contribution in [0.15, 0.2) is 77.7 Å². The molecule has 0 radical (unpaired) electrons. The number of hydrogen-bond donors (Lipinski definition) is 2. The molecule has 1 heterocycles. The number of benzene rings is 3. The number of sulfonamides is 1. The molecule has 3 aromatic rings. The highest BCUT2D eigenvalue weighted by atomic mass is 32.2. The monoisotopic (exact) mass is 481 g/mol. The highest BCUT2D eigenvalue weighted by molar-refractivity contribution is 7.92. The number of hydrogen-bond acceptors (Lipinski definition) is 4. The van der Waals surface area contributed by atoms with Crippen molar-refractivity contribution in [3.8, 4) is 0 Å². The summed E-state index contributed by atoms with van der Waals surface area (Å²) in [6.45, 7) is 4.33. The second-order valence-corrected chi connectivity index (χ2v) is 10.3. The quantitative estimate of drug-likeness (QED) is 0.527. The van der Waals surface area contributed by atoms with E-state index in [-0.39, 0.29) is 28.1 Å². The Balaban J connectivity index is 1.38.